The summed E-state index contributed by atoms with van der Waals surface area (Å²) in [5.74, 6) is -4.04. The number of H-pyrrole nitrogens is 1. The van der Waals surface area contributed by atoms with Gasteiger partial charge in [0, 0.05) is 43.0 Å². The zero-order valence-electron chi connectivity index (χ0n) is 40.6. The van der Waals surface area contributed by atoms with Gasteiger partial charge in [0.15, 0.2) is 0 Å². The number of hydrogen-bond acceptors (Lipinski definition) is 10. The largest absolute Gasteiger partial charge is 0.444 e. The van der Waals surface area contributed by atoms with Crippen molar-refractivity contribution in [3.05, 3.63) is 71.9 Å². The smallest absolute Gasteiger partial charge is 0.408 e. The molecular weight excluding hydrogens is 885 g/mol. The van der Waals surface area contributed by atoms with E-state index in [0.717, 1.165) is 22.9 Å². The summed E-state index contributed by atoms with van der Waals surface area (Å²) in [6.07, 6.45) is 5.98. The minimum absolute atomic E-state index is 0.00525. The van der Waals surface area contributed by atoms with Crippen molar-refractivity contribution in [2.75, 3.05) is 19.6 Å². The predicted octanol–water partition coefficient (Wildman–Crippen LogP) is 2.59. The second-order valence-corrected chi connectivity index (χ2v) is 19.1. The molecule has 69 heavy (non-hydrogen) atoms. The van der Waals surface area contributed by atoms with Crippen LogP contribution >= 0.6 is 0 Å². The summed E-state index contributed by atoms with van der Waals surface area (Å²) in [7, 11) is 0. The molecule has 7 atom stereocenters. The summed E-state index contributed by atoms with van der Waals surface area (Å²) < 4.78 is 5.38. The van der Waals surface area contributed by atoms with Gasteiger partial charge in [-0.05, 0) is 103 Å². The van der Waals surface area contributed by atoms with Gasteiger partial charge in [0.1, 0.15) is 47.9 Å². The highest BCUT2D eigenvalue weighted by molar-refractivity contribution is 5.98. The molecule has 19 heteroatoms. The molecular formula is C50H72N10O9. The fraction of sp³-hybridized carbons (Fsp3) is 0.560. The van der Waals surface area contributed by atoms with Gasteiger partial charge in [-0.1, -0.05) is 68.3 Å². The maximum absolute atomic E-state index is 14.9. The summed E-state index contributed by atoms with van der Waals surface area (Å²) in [5, 5.41) is 14.6. The van der Waals surface area contributed by atoms with Crippen molar-refractivity contribution in [3.63, 3.8) is 0 Å². The van der Waals surface area contributed by atoms with E-state index in [9.17, 15) is 38.4 Å². The van der Waals surface area contributed by atoms with E-state index in [0.29, 0.717) is 70.0 Å². The molecule has 2 fully saturated rings. The Hall–Kier alpha value is -6.50. The van der Waals surface area contributed by atoms with Crippen molar-refractivity contribution in [2.24, 2.45) is 11.5 Å². The number of aromatic nitrogens is 1. The second kappa shape index (κ2) is 25.2. The number of primary amides is 1. The number of rotatable bonds is 23. The molecule has 2 aliphatic heterocycles. The number of likely N-dealkylation sites (tertiary alicyclic amines) is 2. The molecule has 376 valence electrons. The predicted molar refractivity (Wildman–Crippen MR) is 260 cm³/mol. The molecule has 0 unspecified atom stereocenters. The first-order chi connectivity index (χ1) is 32.9. The molecule has 5 rings (SSSR count). The van der Waals surface area contributed by atoms with Gasteiger partial charge < -0.3 is 57.6 Å². The van der Waals surface area contributed by atoms with Crippen LogP contribution in [-0.2, 0) is 51.1 Å². The number of fused-ring (bicyclic) bond motifs is 1. The van der Waals surface area contributed by atoms with E-state index in [-0.39, 0.29) is 25.8 Å². The molecule has 2 saturated heterocycles. The number of ether oxygens (including phenoxy) is 1. The van der Waals surface area contributed by atoms with Crippen molar-refractivity contribution in [3.8, 4) is 0 Å². The molecule has 0 saturated carbocycles. The number of aromatic amines is 1. The van der Waals surface area contributed by atoms with Crippen LogP contribution in [-0.4, -0.2) is 130 Å². The molecule has 0 radical (unpaired) electrons. The average Bonchev–Trinajstić information content (AvgIpc) is 4.10. The van der Waals surface area contributed by atoms with E-state index >= 15 is 0 Å². The lowest BCUT2D eigenvalue weighted by Crippen LogP contribution is -2.60. The minimum atomic E-state index is -1.26. The first-order valence-corrected chi connectivity index (χ1v) is 24.3. The lowest BCUT2D eigenvalue weighted by Gasteiger charge is -2.33. The first kappa shape index (κ1) is 53.5. The van der Waals surface area contributed by atoms with E-state index in [1.165, 1.54) is 16.7 Å². The summed E-state index contributed by atoms with van der Waals surface area (Å²) in [6, 6.07) is 9.27. The van der Waals surface area contributed by atoms with Gasteiger partial charge in [-0.3, -0.25) is 33.6 Å². The lowest BCUT2D eigenvalue weighted by molar-refractivity contribution is -0.148. The number of alkyl carbamates (subject to hydrolysis) is 1. The quantitative estimate of drug-likeness (QED) is 0.0644. The molecule has 2 aromatic carbocycles. The van der Waals surface area contributed by atoms with Crippen LogP contribution < -0.4 is 38.1 Å². The average molecular weight is 957 g/mol. The number of hydrogen-bond donors (Lipinski definition) is 8. The minimum Gasteiger partial charge on any atom is -0.444 e. The van der Waals surface area contributed by atoms with Gasteiger partial charge in [0.2, 0.25) is 41.4 Å². The Balaban J connectivity index is 1.37. The fourth-order valence-corrected chi connectivity index (χ4v) is 8.88. The van der Waals surface area contributed by atoms with Crippen molar-refractivity contribution in [2.45, 2.75) is 160 Å². The number of carbonyl (C=O) groups excluding carboxylic acids is 8. The molecule has 10 N–H and O–H groups in total. The number of nitrogens with zero attached hydrogens (tertiary/aromatic N) is 2. The standard InChI is InChI=1S/C50H72N10O9/c1-6-7-20-36(42(52)61)55-46(65)40-23-15-26-59(40)48(67)41-24-16-27-60(41)47(66)39(28-32-17-9-8-10-18-32)57-45(64)38(29-33-30-53-35-21-12-11-19-34(33)35)56-43(62)31(2)54-44(63)37(22-13-14-25-51)58-49(68)69-50(3,4)5/h8-12,17-19,21,30-31,36-41,53H,6-7,13-16,20,22-29,51H2,1-5H3,(H2,52,61)(H,54,63)(H,55,65)(H,56,62)(H,57,64)(H,58,68)/t31-,36-,37-,38+,39-,40-,41+/m0/s1. The van der Waals surface area contributed by atoms with E-state index in [4.69, 9.17) is 16.2 Å². The SMILES string of the molecule is CCCC[C@H](NC(=O)[C@@H]1CCCN1C(=O)[C@H]1CCCN1C(=O)[C@H](Cc1ccccc1)NC(=O)[C@@H](Cc1c[nH]c2ccccc12)NC(=O)[C@H](C)NC(=O)[C@H](CCCCN)NC(=O)OC(C)(C)C)C(N)=O. The number of unbranched alkanes of at least 4 members (excludes halogenated alkanes) is 2. The van der Waals surface area contributed by atoms with Crippen molar-refractivity contribution < 1.29 is 43.1 Å². The van der Waals surface area contributed by atoms with Crippen molar-refractivity contribution in [1.29, 1.82) is 0 Å². The number of benzene rings is 2. The van der Waals surface area contributed by atoms with Crippen LogP contribution in [0.1, 0.15) is 110 Å². The van der Waals surface area contributed by atoms with E-state index < -0.39 is 95.3 Å². The molecule has 0 spiro atoms. The molecule has 3 aromatic rings. The van der Waals surface area contributed by atoms with Crippen LogP contribution in [0.5, 0.6) is 0 Å². The third-order valence-electron chi connectivity index (χ3n) is 12.5. The summed E-state index contributed by atoms with van der Waals surface area (Å²) in [4.78, 5) is 116. The van der Waals surface area contributed by atoms with Gasteiger partial charge in [0.25, 0.3) is 0 Å². The number of amides is 8. The van der Waals surface area contributed by atoms with Crippen LogP contribution in [0, 0.1) is 0 Å². The molecule has 3 heterocycles. The summed E-state index contributed by atoms with van der Waals surface area (Å²) >= 11 is 0. The molecule has 2 aliphatic rings. The summed E-state index contributed by atoms with van der Waals surface area (Å²) in [5.41, 5.74) is 12.7. The highest BCUT2D eigenvalue weighted by Gasteiger charge is 2.44. The Morgan fingerprint density at radius 2 is 1.36 bits per heavy atom. The third-order valence-corrected chi connectivity index (χ3v) is 12.5. The topological polar surface area (TPSA) is 280 Å². The number of carbonyl (C=O) groups is 8. The van der Waals surface area contributed by atoms with Crippen molar-refractivity contribution in [1.82, 2.24) is 41.4 Å². The van der Waals surface area contributed by atoms with Gasteiger partial charge in [-0.15, -0.1) is 0 Å². The Morgan fingerprint density at radius 3 is 2.04 bits per heavy atom. The zero-order valence-corrected chi connectivity index (χ0v) is 40.6. The molecule has 8 amide bonds. The van der Waals surface area contributed by atoms with Crippen LogP contribution in [0.15, 0.2) is 60.8 Å². The van der Waals surface area contributed by atoms with Gasteiger partial charge in [-0.25, -0.2) is 4.79 Å². The van der Waals surface area contributed by atoms with E-state index in [1.54, 1.807) is 27.0 Å². The number of para-hydroxylation sites is 1. The number of nitrogens with two attached hydrogens (primary N) is 2. The third kappa shape index (κ3) is 15.2. The maximum Gasteiger partial charge on any atom is 0.408 e. The molecule has 19 nitrogen and oxygen atoms in total. The second-order valence-electron chi connectivity index (χ2n) is 19.1. The van der Waals surface area contributed by atoms with E-state index in [2.05, 4.69) is 31.6 Å². The van der Waals surface area contributed by atoms with Gasteiger partial charge in [-0.2, -0.15) is 0 Å². The lowest BCUT2D eigenvalue weighted by atomic mass is 10.0. The Morgan fingerprint density at radius 1 is 0.725 bits per heavy atom. The Labute approximate surface area is 404 Å². The molecule has 0 bridgehead atoms. The Bertz CT molecular complexity index is 2260. The van der Waals surface area contributed by atoms with E-state index in [1.807, 2.05) is 61.5 Å². The van der Waals surface area contributed by atoms with Gasteiger partial charge >= 0.3 is 6.09 Å². The van der Waals surface area contributed by atoms with Crippen LogP contribution in [0.4, 0.5) is 4.79 Å². The summed E-state index contributed by atoms with van der Waals surface area (Å²) in [6.45, 7) is 9.42. The van der Waals surface area contributed by atoms with Crippen molar-refractivity contribution >= 4 is 58.3 Å². The maximum atomic E-state index is 14.9. The Kier molecular flexibility index (Phi) is 19.5. The van der Waals surface area contributed by atoms with Crippen LogP contribution in [0.3, 0.4) is 0 Å². The fourth-order valence-electron chi connectivity index (χ4n) is 8.88. The van der Waals surface area contributed by atoms with Crippen LogP contribution in [0.2, 0.25) is 0 Å². The normalized spacial score (nSPS) is 18.1. The zero-order chi connectivity index (χ0) is 50.3. The monoisotopic (exact) mass is 957 g/mol. The van der Waals surface area contributed by atoms with Crippen LogP contribution in [0.25, 0.3) is 10.9 Å². The highest BCUT2D eigenvalue weighted by Crippen LogP contribution is 2.27. The van der Waals surface area contributed by atoms with Gasteiger partial charge in [0.05, 0.1) is 0 Å². The highest BCUT2D eigenvalue weighted by atomic mass is 16.6. The number of nitrogens with one attached hydrogen (secondary N) is 6. The molecule has 1 aromatic heterocycles. The molecule has 0 aliphatic carbocycles. The first-order valence-electron chi connectivity index (χ1n) is 24.3.